The molecule has 7 nitrogen and oxygen atoms in total. The van der Waals surface area contributed by atoms with Crippen molar-refractivity contribution < 1.29 is 17.9 Å². The standard InChI is InChI=1S/C9H19N3O4S/c1-6(2)16-9(13)12-17(14,15)11-8(5-10)7-3-4-7/h6-8,11H,3-5,10H2,1-2H3,(H,12,13). The van der Waals surface area contributed by atoms with Gasteiger partial charge in [0, 0.05) is 12.6 Å². The van der Waals surface area contributed by atoms with Gasteiger partial charge in [0.25, 0.3) is 0 Å². The van der Waals surface area contributed by atoms with Crippen LogP contribution >= 0.6 is 0 Å². The third kappa shape index (κ3) is 5.33. The molecule has 0 heterocycles. The summed E-state index contributed by atoms with van der Waals surface area (Å²) in [6, 6.07) is -0.320. The molecular weight excluding hydrogens is 246 g/mol. The lowest BCUT2D eigenvalue weighted by Gasteiger charge is -2.16. The Balaban J connectivity index is 2.47. The van der Waals surface area contributed by atoms with E-state index < -0.39 is 16.3 Å². The Kier molecular flexibility index (Phi) is 4.72. The maximum Gasteiger partial charge on any atom is 0.422 e. The Labute approximate surface area is 101 Å². The average molecular weight is 265 g/mol. The van der Waals surface area contributed by atoms with Crippen molar-refractivity contribution in [1.29, 1.82) is 0 Å². The van der Waals surface area contributed by atoms with E-state index in [1.807, 2.05) is 0 Å². The molecule has 0 aromatic heterocycles. The van der Waals surface area contributed by atoms with Crippen molar-refractivity contribution in [2.24, 2.45) is 11.7 Å². The molecule has 1 unspecified atom stereocenters. The van der Waals surface area contributed by atoms with Gasteiger partial charge in [-0.05, 0) is 32.6 Å². The summed E-state index contributed by atoms with van der Waals surface area (Å²) in [5, 5.41) is 0. The number of amides is 1. The lowest BCUT2D eigenvalue weighted by Crippen LogP contribution is -2.49. The zero-order chi connectivity index (χ0) is 13.1. The number of nitrogens with two attached hydrogens (primary N) is 1. The van der Waals surface area contributed by atoms with E-state index in [1.165, 1.54) is 0 Å². The Morgan fingerprint density at radius 1 is 1.47 bits per heavy atom. The molecule has 100 valence electrons. The molecule has 0 aromatic carbocycles. The summed E-state index contributed by atoms with van der Waals surface area (Å²) < 4.78 is 31.9. The topological polar surface area (TPSA) is 111 Å². The minimum Gasteiger partial charge on any atom is -0.446 e. The molecule has 0 aliphatic heterocycles. The van der Waals surface area contributed by atoms with E-state index in [1.54, 1.807) is 18.6 Å². The molecule has 1 aliphatic rings. The maximum atomic E-state index is 11.5. The summed E-state index contributed by atoms with van der Waals surface area (Å²) >= 11 is 0. The highest BCUT2D eigenvalue weighted by Crippen LogP contribution is 2.32. The largest absolute Gasteiger partial charge is 0.446 e. The van der Waals surface area contributed by atoms with E-state index in [0.717, 1.165) is 12.8 Å². The van der Waals surface area contributed by atoms with E-state index in [2.05, 4.69) is 9.46 Å². The van der Waals surface area contributed by atoms with E-state index in [0.29, 0.717) is 0 Å². The van der Waals surface area contributed by atoms with E-state index in [-0.39, 0.29) is 24.6 Å². The van der Waals surface area contributed by atoms with Gasteiger partial charge in [-0.2, -0.15) is 13.1 Å². The quantitative estimate of drug-likeness (QED) is 0.610. The molecule has 1 saturated carbocycles. The van der Waals surface area contributed by atoms with Crippen LogP contribution < -0.4 is 15.2 Å². The second kappa shape index (κ2) is 5.65. The molecule has 0 spiro atoms. The van der Waals surface area contributed by atoms with Gasteiger partial charge in [0.05, 0.1) is 6.10 Å². The lowest BCUT2D eigenvalue weighted by molar-refractivity contribution is 0.121. The number of carbonyl (C=O) groups excluding carboxylic acids is 1. The molecule has 1 amide bonds. The van der Waals surface area contributed by atoms with Crippen molar-refractivity contribution >= 4 is 16.3 Å². The minimum absolute atomic E-state index is 0.213. The molecule has 17 heavy (non-hydrogen) atoms. The van der Waals surface area contributed by atoms with Gasteiger partial charge in [0.2, 0.25) is 0 Å². The van der Waals surface area contributed by atoms with Crippen molar-refractivity contribution in [3.63, 3.8) is 0 Å². The zero-order valence-electron chi connectivity index (χ0n) is 9.97. The van der Waals surface area contributed by atoms with E-state index in [4.69, 9.17) is 5.73 Å². The summed E-state index contributed by atoms with van der Waals surface area (Å²) in [5.74, 6) is 0.276. The predicted molar refractivity (Wildman–Crippen MR) is 62.4 cm³/mol. The number of nitrogens with one attached hydrogen (secondary N) is 2. The highest BCUT2D eigenvalue weighted by atomic mass is 32.2. The first-order valence-electron chi connectivity index (χ1n) is 5.55. The van der Waals surface area contributed by atoms with Gasteiger partial charge in [0.1, 0.15) is 0 Å². The monoisotopic (exact) mass is 265 g/mol. The van der Waals surface area contributed by atoms with Gasteiger partial charge in [0.15, 0.2) is 0 Å². The smallest absolute Gasteiger partial charge is 0.422 e. The molecule has 0 aromatic rings. The minimum atomic E-state index is -3.90. The van der Waals surface area contributed by atoms with Crippen molar-refractivity contribution in [1.82, 2.24) is 9.44 Å². The Hall–Kier alpha value is -0.860. The van der Waals surface area contributed by atoms with Gasteiger partial charge >= 0.3 is 16.3 Å². The van der Waals surface area contributed by atoms with E-state index in [9.17, 15) is 13.2 Å². The first-order valence-corrected chi connectivity index (χ1v) is 7.03. The van der Waals surface area contributed by atoms with Crippen molar-refractivity contribution in [3.8, 4) is 0 Å². The van der Waals surface area contributed by atoms with Gasteiger partial charge < -0.3 is 10.5 Å². The molecule has 1 atom stereocenters. The normalized spacial score (nSPS) is 17.9. The first-order chi connectivity index (χ1) is 7.84. The summed E-state index contributed by atoms with van der Waals surface area (Å²) in [4.78, 5) is 11.1. The van der Waals surface area contributed by atoms with Crippen LogP contribution in [0.3, 0.4) is 0 Å². The van der Waals surface area contributed by atoms with Gasteiger partial charge in [-0.15, -0.1) is 0 Å². The number of ether oxygens (including phenoxy) is 1. The van der Waals surface area contributed by atoms with Crippen LogP contribution in [0.5, 0.6) is 0 Å². The highest BCUT2D eigenvalue weighted by Gasteiger charge is 2.33. The predicted octanol–water partition coefficient (Wildman–Crippen LogP) is -0.307. The average Bonchev–Trinajstić information content (AvgIpc) is 2.94. The fourth-order valence-corrected chi connectivity index (χ4v) is 2.43. The summed E-state index contributed by atoms with van der Waals surface area (Å²) in [7, 11) is -3.90. The second-order valence-electron chi connectivity index (χ2n) is 4.36. The van der Waals surface area contributed by atoms with Crippen molar-refractivity contribution in [2.45, 2.75) is 38.8 Å². The molecule has 4 N–H and O–H groups in total. The first kappa shape index (κ1) is 14.2. The van der Waals surface area contributed by atoms with Crippen molar-refractivity contribution in [2.75, 3.05) is 6.54 Å². The molecular formula is C9H19N3O4S. The number of hydrogen-bond acceptors (Lipinski definition) is 5. The maximum absolute atomic E-state index is 11.5. The van der Waals surface area contributed by atoms with Crippen LogP contribution in [0, 0.1) is 5.92 Å². The van der Waals surface area contributed by atoms with Crippen LogP contribution in [0.1, 0.15) is 26.7 Å². The molecule has 0 saturated heterocycles. The lowest BCUT2D eigenvalue weighted by atomic mass is 10.2. The number of hydrogen-bond donors (Lipinski definition) is 3. The Morgan fingerprint density at radius 3 is 2.47 bits per heavy atom. The van der Waals surface area contributed by atoms with Crippen molar-refractivity contribution in [3.05, 3.63) is 0 Å². The zero-order valence-corrected chi connectivity index (χ0v) is 10.8. The SMILES string of the molecule is CC(C)OC(=O)NS(=O)(=O)NC(CN)C1CC1. The number of carbonyl (C=O) groups is 1. The van der Waals surface area contributed by atoms with Gasteiger partial charge in [-0.3, -0.25) is 0 Å². The fourth-order valence-electron chi connectivity index (χ4n) is 1.41. The third-order valence-electron chi connectivity index (χ3n) is 2.31. The van der Waals surface area contributed by atoms with Gasteiger partial charge in [-0.1, -0.05) is 0 Å². The molecule has 1 rings (SSSR count). The van der Waals surface area contributed by atoms with Crippen LogP contribution in [-0.4, -0.2) is 33.2 Å². The highest BCUT2D eigenvalue weighted by molar-refractivity contribution is 7.88. The summed E-state index contributed by atoms with van der Waals surface area (Å²) in [6.45, 7) is 3.48. The van der Waals surface area contributed by atoms with Crippen LogP contribution in [0.4, 0.5) is 4.79 Å². The van der Waals surface area contributed by atoms with Crippen LogP contribution in [0.2, 0.25) is 0 Å². The van der Waals surface area contributed by atoms with E-state index >= 15 is 0 Å². The second-order valence-corrected chi connectivity index (χ2v) is 5.80. The Morgan fingerprint density at radius 2 is 2.06 bits per heavy atom. The number of rotatable bonds is 6. The molecule has 0 radical (unpaired) electrons. The molecule has 1 fully saturated rings. The summed E-state index contributed by atoms with van der Waals surface area (Å²) in [5.41, 5.74) is 5.46. The molecule has 0 bridgehead atoms. The fraction of sp³-hybridized carbons (Fsp3) is 0.889. The third-order valence-corrected chi connectivity index (χ3v) is 3.36. The Bertz CT molecular complexity index is 364. The molecule has 1 aliphatic carbocycles. The summed E-state index contributed by atoms with van der Waals surface area (Å²) in [6.07, 6.45) is 0.555. The van der Waals surface area contributed by atoms with Gasteiger partial charge in [-0.25, -0.2) is 9.52 Å². The van der Waals surface area contributed by atoms with Crippen LogP contribution in [0.15, 0.2) is 0 Å². The molecule has 8 heteroatoms. The van der Waals surface area contributed by atoms with Crippen LogP contribution in [0.25, 0.3) is 0 Å². The van der Waals surface area contributed by atoms with Crippen LogP contribution in [-0.2, 0) is 14.9 Å².